The number of hydrogen-bond acceptors (Lipinski definition) is 4. The third kappa shape index (κ3) is 2.94. The number of nitrogens with zero attached hydrogens (tertiary/aromatic N) is 1. The zero-order valence-corrected chi connectivity index (χ0v) is 11.0. The van der Waals surface area contributed by atoms with E-state index >= 15 is 0 Å². The summed E-state index contributed by atoms with van der Waals surface area (Å²) in [6.07, 6.45) is 2.62. The molecule has 1 aromatic heterocycles. The van der Waals surface area contributed by atoms with Crippen molar-refractivity contribution >= 4 is 22.9 Å². The van der Waals surface area contributed by atoms with Gasteiger partial charge in [0, 0.05) is 18.3 Å². The van der Waals surface area contributed by atoms with Crippen LogP contribution in [0.15, 0.2) is 46.1 Å². The maximum atomic E-state index is 5.65. The lowest BCUT2D eigenvalue weighted by Crippen LogP contribution is -2.19. The zero-order chi connectivity index (χ0) is 12.4. The Morgan fingerprint density at radius 1 is 1.44 bits per heavy atom. The number of rotatable bonds is 6. The predicted octanol–water partition coefficient (Wildman–Crippen LogP) is 3.23. The molecule has 18 heavy (non-hydrogen) atoms. The zero-order valence-electron chi connectivity index (χ0n) is 10.2. The van der Waals surface area contributed by atoms with E-state index in [4.69, 9.17) is 4.42 Å². The van der Waals surface area contributed by atoms with Crippen LogP contribution in [0.3, 0.4) is 0 Å². The van der Waals surface area contributed by atoms with Crippen LogP contribution < -0.4 is 5.32 Å². The topological polar surface area (TPSA) is 38.1 Å². The van der Waals surface area contributed by atoms with Crippen LogP contribution in [0.1, 0.15) is 12.8 Å². The summed E-state index contributed by atoms with van der Waals surface area (Å²) in [6, 6.07) is 8.57. The van der Waals surface area contributed by atoms with E-state index in [-0.39, 0.29) is 0 Å². The fraction of sp³-hybridized carbons (Fsp3) is 0.357. The van der Waals surface area contributed by atoms with Crippen molar-refractivity contribution in [2.75, 3.05) is 12.3 Å². The van der Waals surface area contributed by atoms with Gasteiger partial charge in [-0.1, -0.05) is 36.0 Å². The van der Waals surface area contributed by atoms with Crippen LogP contribution in [0.4, 0.5) is 0 Å². The molecule has 3 rings (SSSR count). The van der Waals surface area contributed by atoms with Gasteiger partial charge in [-0.25, -0.2) is 4.98 Å². The molecule has 0 atom stereocenters. The minimum absolute atomic E-state index is 0.726. The van der Waals surface area contributed by atoms with Gasteiger partial charge in [-0.3, -0.25) is 0 Å². The normalized spacial score (nSPS) is 15.1. The van der Waals surface area contributed by atoms with Gasteiger partial charge >= 0.3 is 0 Å². The van der Waals surface area contributed by atoms with E-state index in [0.717, 1.165) is 34.7 Å². The summed E-state index contributed by atoms with van der Waals surface area (Å²) in [5.41, 5.74) is 2.96. The molecule has 4 heteroatoms. The van der Waals surface area contributed by atoms with Crippen LogP contribution in [0.2, 0.25) is 0 Å². The van der Waals surface area contributed by atoms with Crippen molar-refractivity contribution in [1.29, 1.82) is 0 Å². The number of para-hydroxylation sites is 2. The fourth-order valence-electron chi connectivity index (χ4n) is 1.70. The Labute approximate surface area is 111 Å². The lowest BCUT2D eigenvalue weighted by atomic mass is 10.3. The van der Waals surface area contributed by atoms with Crippen molar-refractivity contribution < 1.29 is 4.42 Å². The van der Waals surface area contributed by atoms with E-state index in [1.165, 1.54) is 18.4 Å². The Morgan fingerprint density at radius 2 is 2.28 bits per heavy atom. The lowest BCUT2D eigenvalue weighted by molar-refractivity contribution is 0.489. The molecular formula is C14H16N2OS. The van der Waals surface area contributed by atoms with Gasteiger partial charge in [0.1, 0.15) is 5.52 Å². The summed E-state index contributed by atoms with van der Waals surface area (Å²) in [7, 11) is 0. The van der Waals surface area contributed by atoms with Gasteiger partial charge in [-0.05, 0) is 25.0 Å². The minimum Gasteiger partial charge on any atom is -0.431 e. The highest BCUT2D eigenvalue weighted by atomic mass is 32.2. The SMILES string of the molecule is C=C(CNC1CC1)CSc1nc2ccccc2o1. The first kappa shape index (κ1) is 11.8. The van der Waals surface area contributed by atoms with Gasteiger partial charge in [-0.15, -0.1) is 0 Å². The molecule has 0 bridgehead atoms. The number of benzene rings is 1. The molecule has 0 radical (unpaired) electrons. The first-order chi connectivity index (χ1) is 8.81. The molecule has 1 fully saturated rings. The Bertz CT molecular complexity index is 527. The van der Waals surface area contributed by atoms with Crippen LogP contribution in [-0.4, -0.2) is 23.3 Å². The third-order valence-electron chi connectivity index (χ3n) is 2.89. The number of hydrogen-bond donors (Lipinski definition) is 1. The summed E-state index contributed by atoms with van der Waals surface area (Å²) in [5, 5.41) is 4.18. The molecule has 0 saturated heterocycles. The maximum absolute atomic E-state index is 5.65. The number of oxazole rings is 1. The largest absolute Gasteiger partial charge is 0.431 e. The molecule has 1 aliphatic carbocycles. The minimum atomic E-state index is 0.726. The number of nitrogens with one attached hydrogen (secondary N) is 1. The van der Waals surface area contributed by atoms with Gasteiger partial charge in [-0.2, -0.15) is 0 Å². The second-order valence-electron chi connectivity index (χ2n) is 4.64. The summed E-state index contributed by atoms with van der Waals surface area (Å²) < 4.78 is 5.65. The van der Waals surface area contributed by atoms with Gasteiger partial charge in [0.05, 0.1) is 0 Å². The summed E-state index contributed by atoms with van der Waals surface area (Å²) in [6.45, 7) is 4.97. The Hall–Kier alpha value is -1.26. The summed E-state index contributed by atoms with van der Waals surface area (Å²) in [4.78, 5) is 4.43. The van der Waals surface area contributed by atoms with Crippen molar-refractivity contribution in [3.8, 4) is 0 Å². The first-order valence-electron chi connectivity index (χ1n) is 6.19. The average Bonchev–Trinajstić information content (AvgIpc) is 3.11. The molecule has 2 aromatic rings. The van der Waals surface area contributed by atoms with E-state index in [9.17, 15) is 0 Å². The molecule has 0 spiro atoms. The fourth-order valence-corrected chi connectivity index (χ4v) is 2.45. The van der Waals surface area contributed by atoms with E-state index < -0.39 is 0 Å². The Balaban J connectivity index is 1.53. The van der Waals surface area contributed by atoms with E-state index in [1.807, 2.05) is 24.3 Å². The van der Waals surface area contributed by atoms with Crippen molar-refractivity contribution in [3.05, 3.63) is 36.4 Å². The smallest absolute Gasteiger partial charge is 0.257 e. The summed E-state index contributed by atoms with van der Waals surface area (Å²) in [5.74, 6) is 0.854. The molecule has 0 aliphatic heterocycles. The van der Waals surface area contributed by atoms with Crippen molar-refractivity contribution in [2.45, 2.75) is 24.1 Å². The third-order valence-corrected chi connectivity index (χ3v) is 3.87. The molecule has 1 aliphatic rings. The number of aromatic nitrogens is 1. The molecule has 0 amide bonds. The first-order valence-corrected chi connectivity index (χ1v) is 7.18. The molecule has 1 aromatic carbocycles. The second kappa shape index (κ2) is 5.16. The molecular weight excluding hydrogens is 244 g/mol. The van der Waals surface area contributed by atoms with Crippen LogP contribution in [0.25, 0.3) is 11.1 Å². The molecule has 1 heterocycles. The second-order valence-corrected chi connectivity index (χ2v) is 5.57. The molecule has 0 unspecified atom stereocenters. The van der Waals surface area contributed by atoms with E-state index in [2.05, 4.69) is 16.9 Å². The Kier molecular flexibility index (Phi) is 3.39. The van der Waals surface area contributed by atoms with Crippen molar-refractivity contribution in [3.63, 3.8) is 0 Å². The quantitative estimate of drug-likeness (QED) is 0.639. The van der Waals surface area contributed by atoms with Crippen LogP contribution in [-0.2, 0) is 0 Å². The standard InChI is InChI=1S/C14H16N2OS/c1-10(8-15-11-6-7-11)9-18-14-16-12-4-2-3-5-13(12)17-14/h2-5,11,15H,1,6-9H2. The van der Waals surface area contributed by atoms with Gasteiger partial charge in [0.15, 0.2) is 5.58 Å². The highest BCUT2D eigenvalue weighted by Gasteiger charge is 2.20. The predicted molar refractivity (Wildman–Crippen MR) is 74.9 cm³/mol. The highest BCUT2D eigenvalue weighted by Crippen LogP contribution is 2.24. The van der Waals surface area contributed by atoms with Crippen LogP contribution in [0, 0.1) is 0 Å². The van der Waals surface area contributed by atoms with Gasteiger partial charge in [0.2, 0.25) is 0 Å². The maximum Gasteiger partial charge on any atom is 0.257 e. The Morgan fingerprint density at radius 3 is 3.06 bits per heavy atom. The average molecular weight is 260 g/mol. The number of thioether (sulfide) groups is 1. The molecule has 1 saturated carbocycles. The van der Waals surface area contributed by atoms with Crippen molar-refractivity contribution in [1.82, 2.24) is 10.3 Å². The monoisotopic (exact) mass is 260 g/mol. The van der Waals surface area contributed by atoms with Gasteiger partial charge < -0.3 is 9.73 Å². The van der Waals surface area contributed by atoms with Crippen molar-refractivity contribution in [2.24, 2.45) is 0 Å². The lowest BCUT2D eigenvalue weighted by Gasteiger charge is -2.04. The number of fused-ring (bicyclic) bond motifs is 1. The van der Waals surface area contributed by atoms with E-state index in [1.54, 1.807) is 11.8 Å². The highest BCUT2D eigenvalue weighted by molar-refractivity contribution is 7.99. The molecule has 3 nitrogen and oxygen atoms in total. The van der Waals surface area contributed by atoms with Gasteiger partial charge in [0.25, 0.3) is 5.22 Å². The summed E-state index contributed by atoms with van der Waals surface area (Å²) >= 11 is 1.61. The van der Waals surface area contributed by atoms with Crippen LogP contribution in [0.5, 0.6) is 0 Å². The molecule has 94 valence electrons. The van der Waals surface area contributed by atoms with Crippen LogP contribution >= 0.6 is 11.8 Å². The van der Waals surface area contributed by atoms with E-state index in [0.29, 0.717) is 0 Å². The molecule has 1 N–H and O–H groups in total.